The number of anilines is 1. The highest BCUT2D eigenvalue weighted by atomic mass is 32.1. The second-order valence-corrected chi connectivity index (χ2v) is 5.16. The van der Waals surface area contributed by atoms with Crippen molar-refractivity contribution in [2.75, 3.05) is 5.32 Å². The number of pyridine rings is 1. The molecule has 0 fully saturated rings. The number of nitrogens with two attached hydrogens (primary N) is 1. The van der Waals surface area contributed by atoms with Gasteiger partial charge in [-0.15, -0.1) is 0 Å². The Kier molecular flexibility index (Phi) is 4.47. The summed E-state index contributed by atoms with van der Waals surface area (Å²) < 4.78 is 26.5. The average Bonchev–Trinajstić information content (AvgIpc) is 2.36. The van der Waals surface area contributed by atoms with Crippen molar-refractivity contribution in [3.63, 3.8) is 0 Å². The van der Waals surface area contributed by atoms with Gasteiger partial charge in [0.2, 0.25) is 0 Å². The Morgan fingerprint density at radius 3 is 2.62 bits per heavy atom. The molecule has 1 aromatic heterocycles. The Morgan fingerprint density at radius 1 is 1.29 bits per heavy atom. The second kappa shape index (κ2) is 6.13. The summed E-state index contributed by atoms with van der Waals surface area (Å²) in [5.41, 5.74) is 8.91. The lowest BCUT2D eigenvalue weighted by Gasteiger charge is -2.14. The fourth-order valence-electron chi connectivity index (χ4n) is 2.13. The van der Waals surface area contributed by atoms with Crippen LogP contribution in [0.25, 0.3) is 0 Å². The van der Waals surface area contributed by atoms with Crippen LogP contribution in [0.3, 0.4) is 0 Å². The molecular formula is C15H15F2N3S. The van der Waals surface area contributed by atoms with Crippen LogP contribution in [0.4, 0.5) is 14.5 Å². The van der Waals surface area contributed by atoms with E-state index in [9.17, 15) is 8.78 Å². The first-order chi connectivity index (χ1) is 9.88. The van der Waals surface area contributed by atoms with E-state index in [0.717, 1.165) is 11.8 Å². The SMILES string of the molecule is Cc1cc(NCc2ccc(F)cc2F)c(C(N)=S)c(C)n1. The molecule has 0 aliphatic carbocycles. The lowest BCUT2D eigenvalue weighted by atomic mass is 10.1. The number of aryl methyl sites for hydroxylation is 2. The molecular weight excluding hydrogens is 292 g/mol. The van der Waals surface area contributed by atoms with Crippen LogP contribution in [0.15, 0.2) is 24.3 Å². The van der Waals surface area contributed by atoms with E-state index in [0.29, 0.717) is 22.5 Å². The van der Waals surface area contributed by atoms with Gasteiger partial charge in [-0.05, 0) is 26.0 Å². The van der Waals surface area contributed by atoms with Crippen molar-refractivity contribution in [1.29, 1.82) is 0 Å². The number of rotatable bonds is 4. The minimum Gasteiger partial charge on any atom is -0.389 e. The molecule has 1 heterocycles. The van der Waals surface area contributed by atoms with E-state index in [4.69, 9.17) is 18.0 Å². The minimum atomic E-state index is -0.601. The van der Waals surface area contributed by atoms with Crippen LogP contribution in [0.1, 0.15) is 22.5 Å². The Bertz CT molecular complexity index is 702. The Hall–Kier alpha value is -2.08. The minimum absolute atomic E-state index is 0.199. The van der Waals surface area contributed by atoms with Crippen molar-refractivity contribution < 1.29 is 8.78 Å². The maximum Gasteiger partial charge on any atom is 0.131 e. The number of benzene rings is 1. The monoisotopic (exact) mass is 307 g/mol. The van der Waals surface area contributed by atoms with Crippen molar-refractivity contribution in [3.8, 4) is 0 Å². The Labute approximate surface area is 127 Å². The summed E-state index contributed by atoms with van der Waals surface area (Å²) in [4.78, 5) is 4.53. The fraction of sp³-hybridized carbons (Fsp3) is 0.200. The van der Waals surface area contributed by atoms with Gasteiger partial charge in [-0.2, -0.15) is 0 Å². The van der Waals surface area contributed by atoms with Gasteiger partial charge in [0, 0.05) is 35.2 Å². The number of nitrogens with one attached hydrogen (secondary N) is 1. The van der Waals surface area contributed by atoms with E-state index in [2.05, 4.69) is 10.3 Å². The topological polar surface area (TPSA) is 50.9 Å². The summed E-state index contributed by atoms with van der Waals surface area (Å²) in [5.74, 6) is -1.20. The number of hydrogen-bond donors (Lipinski definition) is 2. The molecule has 0 atom stereocenters. The third kappa shape index (κ3) is 3.52. The molecule has 0 saturated carbocycles. The maximum absolute atomic E-state index is 13.6. The van der Waals surface area contributed by atoms with Crippen LogP contribution >= 0.6 is 12.2 Å². The molecule has 0 amide bonds. The number of aromatic nitrogens is 1. The molecule has 3 nitrogen and oxygen atoms in total. The van der Waals surface area contributed by atoms with Crippen LogP contribution < -0.4 is 11.1 Å². The van der Waals surface area contributed by atoms with E-state index >= 15 is 0 Å². The first kappa shape index (κ1) is 15.3. The first-order valence-corrected chi connectivity index (χ1v) is 6.75. The van der Waals surface area contributed by atoms with Crippen molar-refractivity contribution in [3.05, 3.63) is 58.4 Å². The molecule has 110 valence electrons. The quantitative estimate of drug-likeness (QED) is 0.852. The van der Waals surface area contributed by atoms with E-state index < -0.39 is 11.6 Å². The predicted octanol–water partition coefficient (Wildman–Crippen LogP) is 3.22. The molecule has 21 heavy (non-hydrogen) atoms. The van der Waals surface area contributed by atoms with E-state index in [1.807, 2.05) is 13.8 Å². The zero-order valence-electron chi connectivity index (χ0n) is 11.7. The number of halogens is 2. The maximum atomic E-state index is 13.6. The van der Waals surface area contributed by atoms with Gasteiger partial charge in [0.05, 0.1) is 5.56 Å². The lowest BCUT2D eigenvalue weighted by Crippen LogP contribution is -2.16. The summed E-state index contributed by atoms with van der Waals surface area (Å²) >= 11 is 5.03. The largest absolute Gasteiger partial charge is 0.389 e. The zero-order chi connectivity index (χ0) is 15.6. The third-order valence-corrected chi connectivity index (χ3v) is 3.26. The summed E-state index contributed by atoms with van der Waals surface area (Å²) in [6.07, 6.45) is 0. The highest BCUT2D eigenvalue weighted by Gasteiger charge is 2.12. The molecule has 0 spiro atoms. The summed E-state index contributed by atoms with van der Waals surface area (Å²) in [6, 6.07) is 5.27. The van der Waals surface area contributed by atoms with Gasteiger partial charge in [-0.25, -0.2) is 8.78 Å². The average molecular weight is 307 g/mol. The van der Waals surface area contributed by atoms with Gasteiger partial charge in [0.1, 0.15) is 16.6 Å². The van der Waals surface area contributed by atoms with Crippen molar-refractivity contribution in [2.24, 2.45) is 5.73 Å². The van der Waals surface area contributed by atoms with Crippen LogP contribution in [0.5, 0.6) is 0 Å². The van der Waals surface area contributed by atoms with Crippen molar-refractivity contribution in [1.82, 2.24) is 4.98 Å². The van der Waals surface area contributed by atoms with Crippen molar-refractivity contribution >= 4 is 22.9 Å². The predicted molar refractivity (Wildman–Crippen MR) is 83.3 cm³/mol. The number of hydrogen-bond acceptors (Lipinski definition) is 3. The molecule has 2 rings (SSSR count). The third-order valence-electron chi connectivity index (χ3n) is 3.06. The molecule has 0 aliphatic rings. The van der Waals surface area contributed by atoms with Crippen LogP contribution in [-0.4, -0.2) is 9.97 Å². The number of nitrogens with zero attached hydrogens (tertiary/aromatic N) is 1. The van der Waals surface area contributed by atoms with Crippen LogP contribution in [0, 0.1) is 25.5 Å². The molecule has 1 aromatic carbocycles. The zero-order valence-corrected chi connectivity index (χ0v) is 12.5. The van der Waals surface area contributed by atoms with Gasteiger partial charge in [-0.1, -0.05) is 18.3 Å². The fourth-order valence-corrected chi connectivity index (χ4v) is 2.39. The van der Waals surface area contributed by atoms with Crippen molar-refractivity contribution in [2.45, 2.75) is 20.4 Å². The highest BCUT2D eigenvalue weighted by molar-refractivity contribution is 7.80. The molecule has 2 aromatic rings. The Balaban J connectivity index is 2.29. The van der Waals surface area contributed by atoms with Crippen LogP contribution in [-0.2, 0) is 6.54 Å². The highest BCUT2D eigenvalue weighted by Crippen LogP contribution is 2.21. The normalized spacial score (nSPS) is 10.5. The standard InChI is InChI=1S/C15H15F2N3S/c1-8-5-13(14(15(18)21)9(2)20-8)19-7-10-3-4-11(16)6-12(10)17/h3-6H,7H2,1-2H3,(H2,18,21)(H,19,20). The summed E-state index contributed by atoms with van der Waals surface area (Å²) in [5, 5.41) is 3.08. The molecule has 6 heteroatoms. The van der Waals surface area contributed by atoms with Gasteiger partial charge >= 0.3 is 0 Å². The van der Waals surface area contributed by atoms with Gasteiger partial charge < -0.3 is 11.1 Å². The number of thiocarbonyl (C=S) groups is 1. The lowest BCUT2D eigenvalue weighted by molar-refractivity contribution is 0.574. The van der Waals surface area contributed by atoms with Gasteiger partial charge in [0.15, 0.2) is 0 Å². The van der Waals surface area contributed by atoms with Crippen LogP contribution in [0.2, 0.25) is 0 Å². The molecule has 0 radical (unpaired) electrons. The molecule has 3 N–H and O–H groups in total. The summed E-state index contributed by atoms with van der Waals surface area (Å²) in [6.45, 7) is 3.86. The summed E-state index contributed by atoms with van der Waals surface area (Å²) in [7, 11) is 0. The molecule has 0 saturated heterocycles. The van der Waals surface area contributed by atoms with Gasteiger partial charge in [0.25, 0.3) is 0 Å². The second-order valence-electron chi connectivity index (χ2n) is 4.73. The molecule has 0 bridgehead atoms. The first-order valence-electron chi connectivity index (χ1n) is 6.34. The molecule has 0 unspecified atom stereocenters. The van der Waals surface area contributed by atoms with Gasteiger partial charge in [-0.3, -0.25) is 4.98 Å². The Morgan fingerprint density at radius 2 is 2.00 bits per heavy atom. The van der Waals surface area contributed by atoms with E-state index in [1.165, 1.54) is 12.1 Å². The van der Waals surface area contributed by atoms with E-state index in [-0.39, 0.29) is 11.5 Å². The smallest absolute Gasteiger partial charge is 0.131 e. The van der Waals surface area contributed by atoms with E-state index in [1.54, 1.807) is 6.07 Å². The molecule has 0 aliphatic heterocycles.